The average Bonchev–Trinajstić information content (AvgIpc) is 3.00. The van der Waals surface area contributed by atoms with E-state index in [0.717, 1.165) is 28.2 Å². The second kappa shape index (κ2) is 14.1. The van der Waals surface area contributed by atoms with Crippen LogP contribution in [0, 0.1) is 0 Å². The van der Waals surface area contributed by atoms with Crippen LogP contribution in [0.5, 0.6) is 11.5 Å². The van der Waals surface area contributed by atoms with Gasteiger partial charge in [-0.2, -0.15) is 0 Å². The zero-order valence-corrected chi connectivity index (χ0v) is 21.6. The summed E-state index contributed by atoms with van der Waals surface area (Å²) in [6, 6.07) is 32.1. The predicted molar refractivity (Wildman–Crippen MR) is 152 cm³/mol. The zero-order chi connectivity index (χ0) is 28.2. The molecular formula is C32H29N3O5. The first kappa shape index (κ1) is 27.8. The summed E-state index contributed by atoms with van der Waals surface area (Å²) in [5.41, 5.74) is 4.56. The first-order valence-corrected chi connectivity index (χ1v) is 12.7. The molecule has 0 spiro atoms. The van der Waals surface area contributed by atoms with Crippen LogP contribution < -0.4 is 20.9 Å². The smallest absolute Gasteiger partial charge is 0.322 e. The van der Waals surface area contributed by atoms with E-state index >= 15 is 0 Å². The molecule has 0 radical (unpaired) electrons. The fourth-order valence-corrected chi connectivity index (χ4v) is 3.99. The van der Waals surface area contributed by atoms with Crippen molar-refractivity contribution >= 4 is 23.9 Å². The number of carbonyl (C=O) groups excluding carboxylic acids is 3. The van der Waals surface area contributed by atoms with Gasteiger partial charge in [0.05, 0.1) is 6.04 Å². The number of nitrogens with one attached hydrogen (secondary N) is 3. The number of hydrogen-bond acceptors (Lipinski definition) is 5. The van der Waals surface area contributed by atoms with Crippen molar-refractivity contribution in [2.45, 2.75) is 18.9 Å². The maximum atomic E-state index is 12.8. The van der Waals surface area contributed by atoms with E-state index in [-0.39, 0.29) is 0 Å². The van der Waals surface area contributed by atoms with Crippen LogP contribution in [0.15, 0.2) is 115 Å². The molecule has 4 rings (SSSR count). The summed E-state index contributed by atoms with van der Waals surface area (Å²) in [5, 5.41) is 14.0. The van der Waals surface area contributed by atoms with E-state index in [2.05, 4.69) is 10.6 Å². The lowest BCUT2D eigenvalue weighted by Gasteiger charge is -2.20. The molecule has 4 N–H and O–H groups in total. The van der Waals surface area contributed by atoms with Gasteiger partial charge in [-0.3, -0.25) is 20.1 Å². The number of rotatable bonds is 10. The summed E-state index contributed by atoms with van der Waals surface area (Å²) in [6.45, 7) is 0. The van der Waals surface area contributed by atoms with Gasteiger partial charge in [-0.05, 0) is 72.0 Å². The van der Waals surface area contributed by atoms with Crippen LogP contribution in [0.2, 0.25) is 0 Å². The predicted octanol–water partition coefficient (Wildman–Crippen LogP) is 5.81. The first-order valence-electron chi connectivity index (χ1n) is 12.7. The summed E-state index contributed by atoms with van der Waals surface area (Å²) in [5.74, 6) is 0.352. The third-order valence-corrected chi connectivity index (χ3v) is 6.07. The lowest BCUT2D eigenvalue weighted by molar-refractivity contribution is -0.124. The van der Waals surface area contributed by atoms with Crippen LogP contribution in [0.25, 0.3) is 6.08 Å². The molecule has 202 valence electrons. The lowest BCUT2D eigenvalue weighted by atomic mass is 9.98. The SMILES string of the molecule is O=C(C=Cc1ccc(C(CCc2ccc(Oc3ccccc3)cc2)NC(=O)NC(=O)c2ccccc2)cc1)NO. The first-order chi connectivity index (χ1) is 19.5. The highest BCUT2D eigenvalue weighted by Crippen LogP contribution is 2.24. The van der Waals surface area contributed by atoms with Gasteiger partial charge >= 0.3 is 6.03 Å². The van der Waals surface area contributed by atoms with E-state index in [1.54, 1.807) is 54.0 Å². The Labute approximate surface area is 232 Å². The van der Waals surface area contributed by atoms with Gasteiger partial charge in [0.1, 0.15) is 11.5 Å². The van der Waals surface area contributed by atoms with E-state index < -0.39 is 23.9 Å². The molecule has 4 amide bonds. The Hall–Kier alpha value is -5.21. The Morgan fingerprint density at radius 3 is 2.05 bits per heavy atom. The van der Waals surface area contributed by atoms with Crippen LogP contribution in [0.1, 0.15) is 39.5 Å². The Kier molecular flexibility index (Phi) is 9.79. The van der Waals surface area contributed by atoms with Gasteiger partial charge in [0.25, 0.3) is 11.8 Å². The minimum atomic E-state index is -0.636. The highest BCUT2D eigenvalue weighted by molar-refractivity contribution is 6.04. The van der Waals surface area contributed by atoms with Gasteiger partial charge < -0.3 is 10.1 Å². The molecule has 4 aromatic carbocycles. The van der Waals surface area contributed by atoms with Crippen molar-refractivity contribution in [2.24, 2.45) is 0 Å². The number of imide groups is 1. The Morgan fingerprint density at radius 2 is 1.40 bits per heavy atom. The molecule has 8 nitrogen and oxygen atoms in total. The highest BCUT2D eigenvalue weighted by Gasteiger charge is 2.17. The van der Waals surface area contributed by atoms with Crippen molar-refractivity contribution in [3.8, 4) is 11.5 Å². The normalized spacial score (nSPS) is 11.4. The van der Waals surface area contributed by atoms with Crippen LogP contribution in [-0.4, -0.2) is 23.1 Å². The molecule has 0 aliphatic rings. The minimum Gasteiger partial charge on any atom is -0.457 e. The van der Waals surface area contributed by atoms with Gasteiger partial charge in [0, 0.05) is 11.6 Å². The monoisotopic (exact) mass is 535 g/mol. The summed E-state index contributed by atoms with van der Waals surface area (Å²) < 4.78 is 5.87. The molecule has 0 aliphatic heterocycles. The molecule has 0 saturated heterocycles. The summed E-state index contributed by atoms with van der Waals surface area (Å²) in [6.07, 6.45) is 3.98. The number of hydroxylamine groups is 1. The van der Waals surface area contributed by atoms with Crippen molar-refractivity contribution in [1.82, 2.24) is 16.1 Å². The summed E-state index contributed by atoms with van der Waals surface area (Å²) in [4.78, 5) is 36.5. The molecular weight excluding hydrogens is 506 g/mol. The number of benzene rings is 4. The molecule has 0 aliphatic carbocycles. The zero-order valence-electron chi connectivity index (χ0n) is 21.6. The summed E-state index contributed by atoms with van der Waals surface area (Å²) in [7, 11) is 0. The van der Waals surface area contributed by atoms with Gasteiger partial charge in [-0.25, -0.2) is 10.3 Å². The van der Waals surface area contributed by atoms with E-state index in [1.165, 1.54) is 6.08 Å². The van der Waals surface area contributed by atoms with Crippen molar-refractivity contribution in [3.63, 3.8) is 0 Å². The van der Waals surface area contributed by atoms with Gasteiger partial charge in [-0.15, -0.1) is 0 Å². The fourth-order valence-electron chi connectivity index (χ4n) is 3.99. The topological polar surface area (TPSA) is 117 Å². The van der Waals surface area contributed by atoms with Gasteiger partial charge in [0.2, 0.25) is 0 Å². The highest BCUT2D eigenvalue weighted by atomic mass is 16.5. The van der Waals surface area contributed by atoms with Crippen LogP contribution in [0.4, 0.5) is 4.79 Å². The fraction of sp³-hybridized carbons (Fsp3) is 0.0938. The maximum absolute atomic E-state index is 12.8. The van der Waals surface area contributed by atoms with Gasteiger partial charge in [0.15, 0.2) is 0 Å². The van der Waals surface area contributed by atoms with Crippen LogP contribution in [-0.2, 0) is 11.2 Å². The molecule has 0 bridgehead atoms. The van der Waals surface area contributed by atoms with Gasteiger partial charge in [-0.1, -0.05) is 72.8 Å². The maximum Gasteiger partial charge on any atom is 0.322 e. The molecule has 40 heavy (non-hydrogen) atoms. The molecule has 1 atom stereocenters. The molecule has 8 heteroatoms. The van der Waals surface area contributed by atoms with Crippen LogP contribution in [0.3, 0.4) is 0 Å². The second-order valence-corrected chi connectivity index (χ2v) is 8.92. The van der Waals surface area contributed by atoms with Crippen LogP contribution >= 0.6 is 0 Å². The number of para-hydroxylation sites is 1. The number of hydrogen-bond donors (Lipinski definition) is 4. The number of urea groups is 1. The second-order valence-electron chi connectivity index (χ2n) is 8.92. The van der Waals surface area contributed by atoms with Crippen molar-refractivity contribution < 1.29 is 24.3 Å². The van der Waals surface area contributed by atoms with E-state index in [0.29, 0.717) is 18.4 Å². The molecule has 0 aromatic heterocycles. The minimum absolute atomic E-state index is 0.384. The standard InChI is InChI=1S/C32H29N3O5/c36-30(35-39)22-16-23-11-17-25(18-12-23)29(33-32(38)34-31(37)26-7-3-1-4-8-26)21-15-24-13-19-28(20-14-24)40-27-9-5-2-6-10-27/h1-14,16-20,22,29,39H,15,21H2,(H,35,36)(H2,33,34,37,38). The third kappa shape index (κ3) is 8.41. The van der Waals surface area contributed by atoms with Crippen molar-refractivity contribution in [3.05, 3.63) is 138 Å². The molecule has 0 heterocycles. The lowest BCUT2D eigenvalue weighted by Crippen LogP contribution is -2.41. The number of ether oxygens (including phenoxy) is 1. The third-order valence-electron chi connectivity index (χ3n) is 6.07. The van der Waals surface area contributed by atoms with E-state index in [4.69, 9.17) is 9.94 Å². The van der Waals surface area contributed by atoms with Crippen molar-refractivity contribution in [2.75, 3.05) is 0 Å². The molecule has 4 aromatic rings. The van der Waals surface area contributed by atoms with E-state index in [1.807, 2.05) is 66.7 Å². The molecule has 0 fully saturated rings. The Morgan fingerprint density at radius 1 is 0.775 bits per heavy atom. The number of amides is 4. The largest absolute Gasteiger partial charge is 0.457 e. The number of carbonyl (C=O) groups is 3. The quantitative estimate of drug-likeness (QED) is 0.116. The Bertz CT molecular complexity index is 1440. The van der Waals surface area contributed by atoms with Crippen molar-refractivity contribution in [1.29, 1.82) is 0 Å². The van der Waals surface area contributed by atoms with E-state index in [9.17, 15) is 14.4 Å². The Balaban J connectivity index is 1.44. The average molecular weight is 536 g/mol. The molecule has 0 saturated carbocycles. The summed E-state index contributed by atoms with van der Waals surface area (Å²) >= 11 is 0. The molecule has 1 unspecified atom stereocenters. The number of aryl methyl sites for hydroxylation is 1.